The average molecular weight is 478 g/mol. The van der Waals surface area contributed by atoms with E-state index in [9.17, 15) is 9.59 Å². The molecule has 8 heteroatoms. The van der Waals surface area contributed by atoms with Crippen molar-refractivity contribution < 1.29 is 14.3 Å². The van der Waals surface area contributed by atoms with E-state index in [2.05, 4.69) is 16.8 Å². The van der Waals surface area contributed by atoms with Crippen molar-refractivity contribution in [2.45, 2.75) is 46.2 Å². The average Bonchev–Trinajstić information content (AvgIpc) is 3.20. The van der Waals surface area contributed by atoms with E-state index in [1.807, 2.05) is 44.7 Å². The predicted molar refractivity (Wildman–Crippen MR) is 130 cm³/mol. The van der Waals surface area contributed by atoms with Gasteiger partial charge in [-0.2, -0.15) is 0 Å². The number of fused-ring (bicyclic) bond motifs is 1. The molecule has 6 nitrogen and oxygen atoms in total. The molecule has 0 bridgehead atoms. The third-order valence-corrected chi connectivity index (χ3v) is 6.50. The highest BCUT2D eigenvalue weighted by Crippen LogP contribution is 2.34. The van der Waals surface area contributed by atoms with Gasteiger partial charge in [0.25, 0.3) is 0 Å². The van der Waals surface area contributed by atoms with E-state index in [1.54, 1.807) is 28.4 Å². The van der Waals surface area contributed by atoms with Crippen molar-refractivity contribution in [1.29, 1.82) is 0 Å². The van der Waals surface area contributed by atoms with Crippen LogP contribution in [0.15, 0.2) is 35.7 Å². The lowest BCUT2D eigenvalue weighted by molar-refractivity contribution is -0.135. The van der Waals surface area contributed by atoms with Crippen molar-refractivity contribution in [3.8, 4) is 5.75 Å². The van der Waals surface area contributed by atoms with Gasteiger partial charge in [0, 0.05) is 29.0 Å². The number of nitrogens with one attached hydrogen (secondary N) is 1. The van der Waals surface area contributed by atoms with E-state index in [-0.39, 0.29) is 36.5 Å². The minimum Gasteiger partial charge on any atom is -0.491 e. The third kappa shape index (κ3) is 6.39. The molecule has 0 saturated heterocycles. The number of nitrogens with zero attached hydrogens (tertiary/aromatic N) is 2. The minimum atomic E-state index is -0.204. The Hall–Kier alpha value is -2.25. The molecule has 0 unspecified atom stereocenters. The van der Waals surface area contributed by atoms with E-state index in [0.717, 1.165) is 12.0 Å². The number of hydrogen-bond donors (Lipinski definition) is 1. The number of carbonyl (C=O) groups is 2. The van der Waals surface area contributed by atoms with Crippen LogP contribution in [0.5, 0.6) is 5.75 Å². The maximum atomic E-state index is 13.4. The van der Waals surface area contributed by atoms with Gasteiger partial charge in [-0.05, 0) is 67.5 Å². The Balaban J connectivity index is 1.75. The van der Waals surface area contributed by atoms with Crippen molar-refractivity contribution in [2.24, 2.45) is 5.92 Å². The standard InChI is InChI=1S/C24H32ClN3O3S/c1-16(2)13-27(24(30)26-17(3)4)14-23(29)28-11-9-22-20(10-12-32-22)21(28)15-31-19-7-5-18(25)6-8-19/h5-8,10,12,16-17,21H,9,11,13-15H2,1-4H3,(H,26,30)/t21-/m1/s1. The normalized spacial score (nSPS) is 15.6. The molecule has 1 aliphatic heterocycles. The molecule has 32 heavy (non-hydrogen) atoms. The highest BCUT2D eigenvalue weighted by molar-refractivity contribution is 7.10. The molecule has 1 aromatic heterocycles. The molecule has 0 aliphatic carbocycles. The molecule has 2 aromatic rings. The number of carbonyl (C=O) groups excluding carboxylic acids is 2. The summed E-state index contributed by atoms with van der Waals surface area (Å²) in [4.78, 5) is 30.9. The zero-order chi connectivity index (χ0) is 23.3. The first-order chi connectivity index (χ1) is 15.2. The Bertz CT molecular complexity index is 913. The lowest BCUT2D eigenvalue weighted by atomic mass is 10.0. The minimum absolute atomic E-state index is 0.0103. The van der Waals surface area contributed by atoms with E-state index in [1.165, 1.54) is 4.88 Å². The van der Waals surface area contributed by atoms with Crippen LogP contribution in [0, 0.1) is 5.92 Å². The fourth-order valence-corrected chi connectivity index (χ4v) is 4.89. The number of benzene rings is 1. The van der Waals surface area contributed by atoms with Crippen LogP contribution in [-0.4, -0.2) is 54.0 Å². The zero-order valence-electron chi connectivity index (χ0n) is 19.1. The molecule has 1 N–H and O–H groups in total. The van der Waals surface area contributed by atoms with Crippen LogP contribution < -0.4 is 10.1 Å². The molecule has 0 saturated carbocycles. The Labute approximate surface area is 199 Å². The summed E-state index contributed by atoms with van der Waals surface area (Å²) < 4.78 is 6.04. The van der Waals surface area contributed by atoms with Gasteiger partial charge in [0.05, 0.1) is 6.04 Å². The summed E-state index contributed by atoms with van der Waals surface area (Å²) in [6.45, 7) is 9.45. The van der Waals surface area contributed by atoms with E-state index < -0.39 is 0 Å². The van der Waals surface area contributed by atoms with Gasteiger partial charge >= 0.3 is 6.03 Å². The second-order valence-electron chi connectivity index (χ2n) is 8.80. The summed E-state index contributed by atoms with van der Waals surface area (Å²) in [5.74, 6) is 0.905. The summed E-state index contributed by atoms with van der Waals surface area (Å²) in [5, 5.41) is 5.63. The summed E-state index contributed by atoms with van der Waals surface area (Å²) in [7, 11) is 0. The number of halogens is 1. The van der Waals surface area contributed by atoms with Crippen LogP contribution in [0.3, 0.4) is 0 Å². The maximum absolute atomic E-state index is 13.4. The fourth-order valence-electron chi connectivity index (χ4n) is 3.83. The fraction of sp³-hybridized carbons (Fsp3) is 0.500. The first-order valence-electron chi connectivity index (χ1n) is 11.0. The monoisotopic (exact) mass is 477 g/mol. The number of ether oxygens (including phenoxy) is 1. The zero-order valence-corrected chi connectivity index (χ0v) is 20.7. The lowest BCUT2D eigenvalue weighted by Gasteiger charge is -2.37. The van der Waals surface area contributed by atoms with Gasteiger partial charge < -0.3 is 19.9 Å². The van der Waals surface area contributed by atoms with Gasteiger partial charge in [-0.15, -0.1) is 11.3 Å². The highest BCUT2D eigenvalue weighted by Gasteiger charge is 2.33. The van der Waals surface area contributed by atoms with E-state index in [0.29, 0.717) is 30.5 Å². The Morgan fingerprint density at radius 1 is 1.22 bits per heavy atom. The maximum Gasteiger partial charge on any atom is 0.318 e. The topological polar surface area (TPSA) is 61.9 Å². The molecule has 174 valence electrons. The van der Waals surface area contributed by atoms with Crippen LogP contribution in [0.1, 0.15) is 44.2 Å². The second kappa shape index (κ2) is 11.1. The molecule has 0 spiro atoms. The SMILES string of the molecule is CC(C)CN(CC(=O)N1CCc2sccc2[C@H]1COc1ccc(Cl)cc1)C(=O)NC(C)C. The quantitative estimate of drug-likeness (QED) is 0.583. The van der Waals surface area contributed by atoms with Crippen molar-refractivity contribution in [2.75, 3.05) is 26.2 Å². The molecule has 0 fully saturated rings. The molecule has 0 radical (unpaired) electrons. The van der Waals surface area contributed by atoms with Crippen LogP contribution in [-0.2, 0) is 11.2 Å². The molecule has 1 atom stereocenters. The van der Waals surface area contributed by atoms with Crippen molar-refractivity contribution >= 4 is 34.9 Å². The molecule has 3 amide bonds. The molecule has 1 aromatic carbocycles. The Kier molecular flexibility index (Phi) is 8.43. The van der Waals surface area contributed by atoms with Crippen LogP contribution in [0.4, 0.5) is 4.79 Å². The number of rotatable bonds is 8. The van der Waals surface area contributed by atoms with Gasteiger partial charge in [-0.3, -0.25) is 4.79 Å². The third-order valence-electron chi connectivity index (χ3n) is 5.25. The summed E-state index contributed by atoms with van der Waals surface area (Å²) in [6, 6.07) is 8.91. The second-order valence-corrected chi connectivity index (χ2v) is 10.2. The van der Waals surface area contributed by atoms with E-state index >= 15 is 0 Å². The van der Waals surface area contributed by atoms with Gasteiger partial charge in [-0.25, -0.2) is 4.79 Å². The first kappa shape index (κ1) is 24.4. The summed E-state index contributed by atoms with van der Waals surface area (Å²) in [6.07, 6.45) is 0.818. The van der Waals surface area contributed by atoms with Gasteiger partial charge in [0.1, 0.15) is 18.9 Å². The van der Waals surface area contributed by atoms with Crippen molar-refractivity contribution in [3.05, 3.63) is 51.2 Å². The van der Waals surface area contributed by atoms with E-state index in [4.69, 9.17) is 16.3 Å². The Morgan fingerprint density at radius 3 is 2.59 bits per heavy atom. The van der Waals surface area contributed by atoms with Gasteiger partial charge in [0.15, 0.2) is 0 Å². The molecule has 2 heterocycles. The smallest absolute Gasteiger partial charge is 0.318 e. The number of urea groups is 1. The molecular weight excluding hydrogens is 446 g/mol. The summed E-state index contributed by atoms with van der Waals surface area (Å²) >= 11 is 7.69. The summed E-state index contributed by atoms with van der Waals surface area (Å²) in [5.41, 5.74) is 1.13. The van der Waals surface area contributed by atoms with Crippen molar-refractivity contribution in [3.63, 3.8) is 0 Å². The highest BCUT2D eigenvalue weighted by atomic mass is 35.5. The molecule has 1 aliphatic rings. The van der Waals surface area contributed by atoms with Crippen LogP contribution >= 0.6 is 22.9 Å². The predicted octanol–water partition coefficient (Wildman–Crippen LogP) is 4.98. The largest absolute Gasteiger partial charge is 0.491 e. The molecule has 3 rings (SSSR count). The van der Waals surface area contributed by atoms with Crippen LogP contribution in [0.25, 0.3) is 0 Å². The van der Waals surface area contributed by atoms with Gasteiger partial charge in [-0.1, -0.05) is 25.4 Å². The molecular formula is C24H32ClN3O3S. The van der Waals surface area contributed by atoms with Crippen molar-refractivity contribution in [1.82, 2.24) is 15.1 Å². The number of hydrogen-bond acceptors (Lipinski definition) is 4. The van der Waals surface area contributed by atoms with Gasteiger partial charge in [0.2, 0.25) is 5.91 Å². The lowest BCUT2D eigenvalue weighted by Crippen LogP contribution is -2.51. The van der Waals surface area contributed by atoms with Crippen LogP contribution in [0.2, 0.25) is 5.02 Å². The Morgan fingerprint density at radius 2 is 1.94 bits per heavy atom. The first-order valence-corrected chi connectivity index (χ1v) is 12.3. The number of amides is 3. The number of thiophene rings is 1.